The van der Waals surface area contributed by atoms with E-state index < -0.39 is 0 Å². The number of rotatable bonds is 2. The van der Waals surface area contributed by atoms with Gasteiger partial charge in [-0.25, -0.2) is 0 Å². The predicted octanol–water partition coefficient (Wildman–Crippen LogP) is 14.4. The molecule has 4 nitrogen and oxygen atoms in total. The molecule has 0 aliphatic carbocycles. The van der Waals surface area contributed by atoms with Gasteiger partial charge in [-0.15, -0.1) is 0 Å². The highest BCUT2D eigenvalue weighted by Gasteiger charge is 2.46. The number of furan rings is 1. The van der Waals surface area contributed by atoms with Crippen molar-refractivity contribution in [2.75, 3.05) is 4.90 Å². The lowest BCUT2D eigenvalue weighted by molar-refractivity contribution is 0.590. The molecule has 2 aliphatic rings. The number of para-hydroxylation sites is 1. The van der Waals surface area contributed by atoms with Gasteiger partial charge in [0, 0.05) is 55.2 Å². The molecule has 0 atom stereocenters. The van der Waals surface area contributed by atoms with E-state index in [0.717, 1.165) is 33.7 Å². The summed E-state index contributed by atoms with van der Waals surface area (Å²) in [5.74, 6) is 0. The molecule has 322 valence electrons. The zero-order valence-corrected chi connectivity index (χ0v) is 40.0. The first-order chi connectivity index (χ1) is 30.8. The first kappa shape index (κ1) is 40.1. The Labute approximate surface area is 383 Å². The molecular weight excluding hydrogens is 789 g/mol. The Hall–Kier alpha value is -6.46. The summed E-state index contributed by atoms with van der Waals surface area (Å²) in [5, 5.41) is 6.14. The van der Waals surface area contributed by atoms with Crippen molar-refractivity contribution in [3.05, 3.63) is 156 Å². The molecule has 0 spiro atoms. The van der Waals surface area contributed by atoms with Crippen LogP contribution in [-0.4, -0.2) is 15.8 Å². The van der Waals surface area contributed by atoms with Crippen LogP contribution in [0.4, 0.5) is 17.1 Å². The van der Waals surface area contributed by atoms with Gasteiger partial charge in [0.05, 0.1) is 27.9 Å². The third-order valence-corrected chi connectivity index (χ3v) is 14.7. The fourth-order valence-corrected chi connectivity index (χ4v) is 11.1. The summed E-state index contributed by atoms with van der Waals surface area (Å²) in [6.45, 7) is 27.6. The van der Waals surface area contributed by atoms with Gasteiger partial charge in [0.25, 0.3) is 6.71 Å². The molecule has 3 aromatic heterocycles. The Morgan fingerprint density at radius 1 is 0.415 bits per heavy atom. The van der Waals surface area contributed by atoms with Gasteiger partial charge in [0.1, 0.15) is 5.58 Å². The van der Waals surface area contributed by atoms with Crippen LogP contribution in [0.25, 0.3) is 66.0 Å². The van der Waals surface area contributed by atoms with Crippen molar-refractivity contribution in [2.45, 2.75) is 105 Å². The molecule has 5 heterocycles. The van der Waals surface area contributed by atoms with Crippen LogP contribution in [-0.2, 0) is 21.7 Å². The highest BCUT2D eigenvalue weighted by atomic mass is 16.3. The quantitative estimate of drug-likeness (QED) is 0.162. The van der Waals surface area contributed by atoms with Gasteiger partial charge >= 0.3 is 0 Å². The third-order valence-electron chi connectivity index (χ3n) is 14.7. The van der Waals surface area contributed by atoms with E-state index in [1.54, 1.807) is 0 Å². The molecule has 2 aliphatic heterocycles. The third kappa shape index (κ3) is 5.76. The summed E-state index contributed by atoms with van der Waals surface area (Å²) >= 11 is 0. The molecule has 0 unspecified atom stereocenters. The molecule has 0 fully saturated rings. The zero-order chi connectivity index (χ0) is 45.3. The van der Waals surface area contributed by atoms with Crippen molar-refractivity contribution in [1.29, 1.82) is 0 Å². The van der Waals surface area contributed by atoms with Crippen molar-refractivity contribution in [3.63, 3.8) is 0 Å². The fraction of sp³-hybridized carbons (Fsp3) is 0.267. The van der Waals surface area contributed by atoms with E-state index in [-0.39, 0.29) is 28.4 Å². The maximum Gasteiger partial charge on any atom is 0.297 e. The largest absolute Gasteiger partial charge is 0.468 e. The van der Waals surface area contributed by atoms with E-state index in [1.165, 1.54) is 88.2 Å². The number of anilines is 3. The summed E-state index contributed by atoms with van der Waals surface area (Å²) in [4.78, 5) is 2.51. The van der Waals surface area contributed by atoms with Crippen LogP contribution in [0.2, 0.25) is 0 Å². The number of hydrogen-bond donors (Lipinski definition) is 0. The van der Waals surface area contributed by atoms with Crippen molar-refractivity contribution in [3.8, 4) is 11.4 Å². The SMILES string of the molecule is CC(C)(C)c1ccc(N2c3cccc4c3B(c3oc5cc6c7ccccc7n(-c7ccc(C(C)(C)C)cc7)c6cc5c32)c2cc(C(C)(C)C)cc3c5cc(C(C)(C)C)ccc5n-4c23)cc1. The van der Waals surface area contributed by atoms with E-state index in [2.05, 4.69) is 231 Å². The Bertz CT molecular complexity index is 3620. The second kappa shape index (κ2) is 13.1. The highest BCUT2D eigenvalue weighted by molar-refractivity contribution is 7.00. The summed E-state index contributed by atoms with van der Waals surface area (Å²) in [5.41, 5.74) is 20.5. The summed E-state index contributed by atoms with van der Waals surface area (Å²) in [6, 6.07) is 51.1. The molecule has 7 aromatic carbocycles. The van der Waals surface area contributed by atoms with E-state index in [1.807, 2.05) is 0 Å². The van der Waals surface area contributed by atoms with Gasteiger partial charge in [0.2, 0.25) is 0 Å². The van der Waals surface area contributed by atoms with Gasteiger partial charge < -0.3 is 18.5 Å². The molecule has 0 bridgehead atoms. The number of hydrogen-bond acceptors (Lipinski definition) is 2. The van der Waals surface area contributed by atoms with Crippen LogP contribution in [0, 0.1) is 0 Å². The zero-order valence-electron chi connectivity index (χ0n) is 40.0. The highest BCUT2D eigenvalue weighted by Crippen LogP contribution is 2.47. The molecule has 12 rings (SSSR count). The van der Waals surface area contributed by atoms with Crippen LogP contribution in [0.3, 0.4) is 0 Å². The van der Waals surface area contributed by atoms with Gasteiger partial charge in [0.15, 0.2) is 0 Å². The number of aromatic nitrogens is 2. The minimum atomic E-state index is -0.124. The van der Waals surface area contributed by atoms with Crippen LogP contribution in [0.15, 0.2) is 138 Å². The number of fused-ring (bicyclic) bond motifs is 12. The minimum absolute atomic E-state index is 0.0161. The molecule has 5 heteroatoms. The van der Waals surface area contributed by atoms with Crippen molar-refractivity contribution in [2.24, 2.45) is 0 Å². The fourth-order valence-electron chi connectivity index (χ4n) is 11.1. The topological polar surface area (TPSA) is 26.2 Å². The van der Waals surface area contributed by atoms with Crippen molar-refractivity contribution < 1.29 is 4.42 Å². The summed E-state index contributed by atoms with van der Waals surface area (Å²) in [7, 11) is 0. The number of benzene rings is 7. The van der Waals surface area contributed by atoms with Gasteiger partial charge in [-0.05, 0) is 128 Å². The standard InChI is InChI=1S/C60H58BN3O/c1-57(2,3)35-20-25-39(26-21-35)62-47-17-14-13-16-41(47)43-34-52-45(33-51(43)62)55-56(65-52)61-46-32-38(60(10,11)12)31-44-42-30-37(59(7,8)9)24-29-48(42)64(54(44)46)50-19-15-18-49(53(50)61)63(55)40-27-22-36(23-28-40)58(4,5)6/h13-34H,1-12H3. The van der Waals surface area contributed by atoms with Crippen molar-refractivity contribution >= 4 is 94.9 Å². The van der Waals surface area contributed by atoms with E-state index >= 15 is 0 Å². The Morgan fingerprint density at radius 2 is 0.985 bits per heavy atom. The lowest BCUT2D eigenvalue weighted by Crippen LogP contribution is -2.60. The summed E-state index contributed by atoms with van der Waals surface area (Å²) < 4.78 is 12.6. The maximum absolute atomic E-state index is 7.54. The normalized spacial score (nSPS) is 14.1. The lowest BCUT2D eigenvalue weighted by atomic mass is 9.35. The van der Waals surface area contributed by atoms with E-state index in [0.29, 0.717) is 0 Å². The monoisotopic (exact) mass is 847 g/mol. The molecule has 0 saturated carbocycles. The van der Waals surface area contributed by atoms with Crippen LogP contribution >= 0.6 is 0 Å². The Kier molecular flexibility index (Phi) is 8.07. The van der Waals surface area contributed by atoms with Crippen LogP contribution in [0.5, 0.6) is 0 Å². The first-order valence-electron chi connectivity index (χ1n) is 23.5. The predicted molar refractivity (Wildman–Crippen MR) is 279 cm³/mol. The molecule has 0 radical (unpaired) electrons. The lowest BCUT2D eigenvalue weighted by Gasteiger charge is -2.38. The molecule has 0 saturated heterocycles. The van der Waals surface area contributed by atoms with Crippen molar-refractivity contribution in [1.82, 2.24) is 9.13 Å². The van der Waals surface area contributed by atoms with E-state index in [9.17, 15) is 0 Å². The second-order valence-electron chi connectivity index (χ2n) is 23.1. The van der Waals surface area contributed by atoms with Crippen LogP contribution in [0.1, 0.15) is 105 Å². The smallest absolute Gasteiger partial charge is 0.297 e. The Morgan fingerprint density at radius 3 is 1.65 bits per heavy atom. The molecule has 65 heavy (non-hydrogen) atoms. The molecule has 0 amide bonds. The Balaban J connectivity index is 1.21. The average Bonchev–Trinajstić information content (AvgIpc) is 3.90. The molecule has 0 N–H and O–H groups in total. The average molecular weight is 848 g/mol. The van der Waals surface area contributed by atoms with Gasteiger partial charge in [-0.3, -0.25) is 0 Å². The van der Waals surface area contributed by atoms with Crippen LogP contribution < -0.4 is 21.5 Å². The van der Waals surface area contributed by atoms with Gasteiger partial charge in [-0.1, -0.05) is 144 Å². The number of nitrogens with zero attached hydrogens (tertiary/aromatic N) is 3. The molecule has 10 aromatic rings. The summed E-state index contributed by atoms with van der Waals surface area (Å²) in [6.07, 6.45) is 0. The van der Waals surface area contributed by atoms with Gasteiger partial charge in [-0.2, -0.15) is 0 Å². The molecular formula is C60H58BN3O. The maximum atomic E-state index is 7.54. The second-order valence-corrected chi connectivity index (χ2v) is 23.1. The first-order valence-corrected chi connectivity index (χ1v) is 23.5. The van der Waals surface area contributed by atoms with E-state index in [4.69, 9.17) is 4.42 Å². The minimum Gasteiger partial charge on any atom is -0.468 e.